The van der Waals surface area contributed by atoms with Crippen LogP contribution in [0.3, 0.4) is 0 Å². The molecule has 0 saturated carbocycles. The number of fused-ring (bicyclic) bond motifs is 1. The SMILES string of the molecule is CN(CC(N)CC(=O)O)c1c[nH]c2ccccc12. The average molecular weight is 247 g/mol. The standard InChI is InChI=1S/C13H17N3O2/c1-16(8-9(14)6-13(17)18)12-7-15-11-5-3-2-4-10(11)12/h2-5,7,9,15H,6,8,14H2,1H3,(H,17,18). The molecule has 2 aromatic rings. The Morgan fingerprint density at radius 2 is 2.22 bits per heavy atom. The van der Waals surface area contributed by atoms with Crippen molar-refractivity contribution in [2.24, 2.45) is 5.73 Å². The van der Waals surface area contributed by atoms with Crippen molar-refractivity contribution in [3.8, 4) is 0 Å². The lowest BCUT2D eigenvalue weighted by atomic mass is 10.2. The number of aromatic amines is 1. The molecule has 0 saturated heterocycles. The molecule has 5 nitrogen and oxygen atoms in total. The van der Waals surface area contributed by atoms with Crippen molar-refractivity contribution in [2.75, 3.05) is 18.5 Å². The lowest BCUT2D eigenvalue weighted by Crippen LogP contribution is -2.36. The largest absolute Gasteiger partial charge is 0.481 e. The third-order valence-corrected chi connectivity index (χ3v) is 2.92. The lowest BCUT2D eigenvalue weighted by molar-refractivity contribution is -0.137. The van der Waals surface area contributed by atoms with Gasteiger partial charge in [0, 0.05) is 36.7 Å². The average Bonchev–Trinajstić information content (AvgIpc) is 2.71. The highest BCUT2D eigenvalue weighted by molar-refractivity contribution is 5.92. The summed E-state index contributed by atoms with van der Waals surface area (Å²) in [5, 5.41) is 9.81. The number of para-hydroxylation sites is 1. The van der Waals surface area contributed by atoms with Crippen molar-refractivity contribution >= 4 is 22.6 Å². The predicted molar refractivity (Wildman–Crippen MR) is 71.8 cm³/mol. The summed E-state index contributed by atoms with van der Waals surface area (Å²) < 4.78 is 0. The lowest BCUT2D eigenvalue weighted by Gasteiger charge is -2.21. The molecule has 96 valence electrons. The maximum atomic E-state index is 10.6. The highest BCUT2D eigenvalue weighted by Crippen LogP contribution is 2.25. The van der Waals surface area contributed by atoms with Gasteiger partial charge in [-0.15, -0.1) is 0 Å². The van der Waals surface area contributed by atoms with Crippen LogP contribution in [0.15, 0.2) is 30.5 Å². The molecule has 2 rings (SSSR count). The van der Waals surface area contributed by atoms with E-state index < -0.39 is 5.97 Å². The van der Waals surface area contributed by atoms with Gasteiger partial charge in [0.05, 0.1) is 12.1 Å². The van der Waals surface area contributed by atoms with Crippen LogP contribution in [-0.2, 0) is 4.79 Å². The van der Waals surface area contributed by atoms with Gasteiger partial charge in [-0.3, -0.25) is 4.79 Å². The molecule has 0 amide bonds. The number of anilines is 1. The van der Waals surface area contributed by atoms with Crippen LogP contribution >= 0.6 is 0 Å². The summed E-state index contributed by atoms with van der Waals surface area (Å²) in [6.07, 6.45) is 1.89. The Hall–Kier alpha value is -2.01. The third-order valence-electron chi connectivity index (χ3n) is 2.92. The van der Waals surface area contributed by atoms with E-state index in [4.69, 9.17) is 10.8 Å². The molecule has 0 fully saturated rings. The van der Waals surface area contributed by atoms with E-state index in [1.54, 1.807) is 0 Å². The van der Waals surface area contributed by atoms with E-state index >= 15 is 0 Å². The minimum Gasteiger partial charge on any atom is -0.481 e. The smallest absolute Gasteiger partial charge is 0.304 e. The molecular formula is C13H17N3O2. The fourth-order valence-corrected chi connectivity index (χ4v) is 2.11. The van der Waals surface area contributed by atoms with Crippen molar-refractivity contribution in [3.05, 3.63) is 30.5 Å². The van der Waals surface area contributed by atoms with Gasteiger partial charge >= 0.3 is 5.97 Å². The minimum absolute atomic E-state index is 0.0211. The molecule has 0 radical (unpaired) electrons. The van der Waals surface area contributed by atoms with Crippen molar-refractivity contribution < 1.29 is 9.90 Å². The minimum atomic E-state index is -0.866. The summed E-state index contributed by atoms with van der Waals surface area (Å²) in [5.74, 6) is -0.866. The van der Waals surface area contributed by atoms with Gasteiger partial charge in [0.2, 0.25) is 0 Å². The normalized spacial score (nSPS) is 12.6. The zero-order valence-corrected chi connectivity index (χ0v) is 10.3. The van der Waals surface area contributed by atoms with Crippen LogP contribution < -0.4 is 10.6 Å². The molecule has 4 N–H and O–H groups in total. The Morgan fingerprint density at radius 3 is 2.94 bits per heavy atom. The third kappa shape index (κ3) is 2.62. The maximum Gasteiger partial charge on any atom is 0.304 e. The van der Waals surface area contributed by atoms with Gasteiger partial charge in [0.25, 0.3) is 0 Å². The first-order chi connectivity index (χ1) is 8.58. The number of carboxylic acids is 1. The predicted octanol–water partition coefficient (Wildman–Crippen LogP) is 1.41. The Labute approximate surface area is 105 Å². The number of nitrogens with zero attached hydrogens (tertiary/aromatic N) is 1. The van der Waals surface area contributed by atoms with Gasteiger partial charge in [-0.1, -0.05) is 18.2 Å². The van der Waals surface area contributed by atoms with Crippen molar-refractivity contribution in [3.63, 3.8) is 0 Å². The van der Waals surface area contributed by atoms with Gasteiger partial charge in [-0.2, -0.15) is 0 Å². The van der Waals surface area contributed by atoms with E-state index in [0.29, 0.717) is 6.54 Å². The second-order valence-electron chi connectivity index (χ2n) is 4.46. The Morgan fingerprint density at radius 1 is 1.50 bits per heavy atom. The van der Waals surface area contributed by atoms with Crippen LogP contribution in [-0.4, -0.2) is 35.7 Å². The number of aliphatic carboxylic acids is 1. The number of carbonyl (C=O) groups is 1. The van der Waals surface area contributed by atoms with E-state index in [1.807, 2.05) is 42.4 Å². The van der Waals surface area contributed by atoms with Crippen LogP contribution in [0.2, 0.25) is 0 Å². The first kappa shape index (κ1) is 12.4. The second-order valence-corrected chi connectivity index (χ2v) is 4.46. The highest BCUT2D eigenvalue weighted by Gasteiger charge is 2.13. The molecule has 1 unspecified atom stereocenters. The fraction of sp³-hybridized carbons (Fsp3) is 0.308. The number of benzene rings is 1. The molecule has 1 heterocycles. The summed E-state index contributed by atoms with van der Waals surface area (Å²) in [4.78, 5) is 15.7. The number of aromatic nitrogens is 1. The number of nitrogens with one attached hydrogen (secondary N) is 1. The van der Waals surface area contributed by atoms with Gasteiger partial charge < -0.3 is 20.7 Å². The van der Waals surface area contributed by atoms with E-state index in [-0.39, 0.29) is 12.5 Å². The number of likely N-dealkylation sites (N-methyl/N-ethyl adjacent to an activating group) is 1. The van der Waals surface area contributed by atoms with Crippen LogP contribution in [0.25, 0.3) is 10.9 Å². The van der Waals surface area contributed by atoms with Crippen molar-refractivity contribution in [1.82, 2.24) is 4.98 Å². The van der Waals surface area contributed by atoms with E-state index in [0.717, 1.165) is 16.6 Å². The summed E-state index contributed by atoms with van der Waals surface area (Å²) in [7, 11) is 1.91. The topological polar surface area (TPSA) is 82.3 Å². The Kier molecular flexibility index (Phi) is 3.53. The maximum absolute atomic E-state index is 10.6. The molecule has 0 aliphatic carbocycles. The second kappa shape index (κ2) is 5.10. The van der Waals surface area contributed by atoms with Crippen LogP contribution in [0.4, 0.5) is 5.69 Å². The molecule has 1 aromatic heterocycles. The Bertz CT molecular complexity index is 550. The Balaban J connectivity index is 2.13. The molecule has 1 aromatic carbocycles. The molecule has 0 aliphatic rings. The van der Waals surface area contributed by atoms with E-state index in [1.165, 1.54) is 0 Å². The number of rotatable bonds is 5. The van der Waals surface area contributed by atoms with Crippen LogP contribution in [0.1, 0.15) is 6.42 Å². The summed E-state index contributed by atoms with van der Waals surface area (Å²) >= 11 is 0. The monoisotopic (exact) mass is 247 g/mol. The number of nitrogens with two attached hydrogens (primary N) is 1. The molecule has 18 heavy (non-hydrogen) atoms. The first-order valence-corrected chi connectivity index (χ1v) is 5.82. The number of H-pyrrole nitrogens is 1. The zero-order chi connectivity index (χ0) is 13.1. The molecule has 0 bridgehead atoms. The summed E-state index contributed by atoms with van der Waals surface area (Å²) in [5.41, 5.74) is 7.89. The molecule has 0 spiro atoms. The van der Waals surface area contributed by atoms with Gasteiger partial charge in [-0.05, 0) is 6.07 Å². The van der Waals surface area contributed by atoms with Gasteiger partial charge in [0.1, 0.15) is 0 Å². The first-order valence-electron chi connectivity index (χ1n) is 5.82. The fourth-order valence-electron chi connectivity index (χ4n) is 2.11. The number of hydrogen-bond acceptors (Lipinski definition) is 3. The van der Waals surface area contributed by atoms with Crippen LogP contribution in [0, 0.1) is 0 Å². The quantitative estimate of drug-likeness (QED) is 0.746. The molecule has 0 aliphatic heterocycles. The van der Waals surface area contributed by atoms with E-state index in [9.17, 15) is 4.79 Å². The van der Waals surface area contributed by atoms with Gasteiger partial charge in [-0.25, -0.2) is 0 Å². The summed E-state index contributed by atoms with van der Waals surface area (Å²) in [6.45, 7) is 0.508. The highest BCUT2D eigenvalue weighted by atomic mass is 16.4. The summed E-state index contributed by atoms with van der Waals surface area (Å²) in [6, 6.07) is 7.61. The van der Waals surface area contributed by atoms with Gasteiger partial charge in [0.15, 0.2) is 0 Å². The van der Waals surface area contributed by atoms with Crippen molar-refractivity contribution in [1.29, 1.82) is 0 Å². The zero-order valence-electron chi connectivity index (χ0n) is 10.3. The number of hydrogen-bond donors (Lipinski definition) is 3. The van der Waals surface area contributed by atoms with Crippen molar-refractivity contribution in [2.45, 2.75) is 12.5 Å². The molecule has 1 atom stereocenters. The molecule has 5 heteroatoms. The van der Waals surface area contributed by atoms with Crippen LogP contribution in [0.5, 0.6) is 0 Å². The van der Waals surface area contributed by atoms with E-state index in [2.05, 4.69) is 4.98 Å². The molecular weight excluding hydrogens is 230 g/mol. The number of carboxylic acid groups (broad SMARTS) is 1.